The second-order valence-corrected chi connectivity index (χ2v) is 7.42. The molecule has 0 unspecified atom stereocenters. The third-order valence-electron chi connectivity index (χ3n) is 3.65. The van der Waals surface area contributed by atoms with Crippen molar-refractivity contribution in [3.63, 3.8) is 0 Å². The van der Waals surface area contributed by atoms with E-state index in [0.717, 1.165) is 12.6 Å². The molecule has 0 spiro atoms. The second kappa shape index (κ2) is 5.39. The van der Waals surface area contributed by atoms with Gasteiger partial charge in [0.1, 0.15) is 0 Å². The van der Waals surface area contributed by atoms with E-state index in [0.29, 0.717) is 14.5 Å². The molecule has 2 heteroatoms. The summed E-state index contributed by atoms with van der Waals surface area (Å²) in [5.41, 5.74) is 0. The Morgan fingerprint density at radius 2 is 1.94 bits per heavy atom. The topological polar surface area (TPSA) is 12.0 Å². The zero-order valence-electron chi connectivity index (χ0n) is 10.1. The molecule has 1 aromatic carbocycles. The van der Waals surface area contributed by atoms with Gasteiger partial charge in [-0.3, -0.25) is 0 Å². The van der Waals surface area contributed by atoms with Crippen LogP contribution in [0.3, 0.4) is 0 Å². The molecule has 1 saturated carbocycles. The molecule has 0 atom stereocenters. The Morgan fingerprint density at radius 1 is 1.12 bits per heavy atom. The van der Waals surface area contributed by atoms with Crippen LogP contribution in [0, 0.1) is 0 Å². The molecule has 1 N–H and O–H groups in total. The summed E-state index contributed by atoms with van der Waals surface area (Å²) in [4.78, 5) is 0. The van der Waals surface area contributed by atoms with Crippen molar-refractivity contribution in [1.29, 1.82) is 0 Å². The quantitative estimate of drug-likeness (QED) is 0.856. The van der Waals surface area contributed by atoms with Crippen molar-refractivity contribution in [1.82, 2.24) is 5.32 Å². The summed E-state index contributed by atoms with van der Waals surface area (Å²) < 4.78 is 3.17. The van der Waals surface area contributed by atoms with Crippen LogP contribution in [0.1, 0.15) is 36.5 Å². The Kier molecular flexibility index (Phi) is 3.65. The maximum absolute atomic E-state index is 3.75. The van der Waals surface area contributed by atoms with Gasteiger partial charge in [0.15, 0.2) is 0 Å². The fraction of sp³-hybridized carbons (Fsp3) is 0.467. The molecule has 1 nitrogen and oxygen atoms in total. The summed E-state index contributed by atoms with van der Waals surface area (Å²) in [5.74, 6) is 0. The molecule has 1 heterocycles. The zero-order valence-corrected chi connectivity index (χ0v) is 11.8. The molecule has 0 saturated heterocycles. The summed E-state index contributed by atoms with van der Waals surface area (Å²) in [6, 6.07) is 12.0. The van der Waals surface area contributed by atoms with Gasteiger partial charge in [-0.2, -0.15) is 0 Å². The molecule has 0 aliphatic heterocycles. The van der Waals surface area contributed by atoms with Crippen LogP contribution in [0.4, 0.5) is 0 Å². The molecular formula is C15H19NSe. The molecule has 1 aliphatic carbocycles. The van der Waals surface area contributed by atoms with Gasteiger partial charge in [0.05, 0.1) is 0 Å². The predicted molar refractivity (Wildman–Crippen MR) is 74.6 cm³/mol. The Hall–Kier alpha value is -0.561. The van der Waals surface area contributed by atoms with Gasteiger partial charge in [-0.15, -0.1) is 0 Å². The van der Waals surface area contributed by atoms with Crippen molar-refractivity contribution in [2.75, 3.05) is 0 Å². The van der Waals surface area contributed by atoms with Crippen molar-refractivity contribution < 1.29 is 0 Å². The summed E-state index contributed by atoms with van der Waals surface area (Å²) in [6.07, 6.45) is 7.04. The first-order valence-corrected chi connectivity index (χ1v) is 8.34. The first-order valence-electron chi connectivity index (χ1n) is 6.63. The van der Waals surface area contributed by atoms with Gasteiger partial charge < -0.3 is 0 Å². The Balaban J connectivity index is 1.64. The van der Waals surface area contributed by atoms with Crippen LogP contribution in [0.15, 0.2) is 30.3 Å². The van der Waals surface area contributed by atoms with E-state index in [2.05, 4.69) is 35.6 Å². The Labute approximate surface area is 109 Å². The van der Waals surface area contributed by atoms with Crippen LogP contribution in [0.5, 0.6) is 0 Å². The van der Waals surface area contributed by atoms with Crippen LogP contribution >= 0.6 is 0 Å². The van der Waals surface area contributed by atoms with Gasteiger partial charge in [-0.25, -0.2) is 0 Å². The molecule has 17 heavy (non-hydrogen) atoms. The van der Waals surface area contributed by atoms with E-state index in [1.807, 2.05) is 0 Å². The molecule has 0 bridgehead atoms. The molecule has 1 aliphatic rings. The minimum atomic E-state index is 0.568. The fourth-order valence-corrected chi connectivity index (χ4v) is 4.81. The average molecular weight is 292 g/mol. The van der Waals surface area contributed by atoms with Crippen LogP contribution in [-0.4, -0.2) is 20.5 Å². The van der Waals surface area contributed by atoms with Crippen LogP contribution in [0.2, 0.25) is 0 Å². The maximum atomic E-state index is 3.75. The number of hydrogen-bond acceptors (Lipinski definition) is 1. The van der Waals surface area contributed by atoms with Gasteiger partial charge in [0.2, 0.25) is 0 Å². The summed E-state index contributed by atoms with van der Waals surface area (Å²) in [5, 5.41) is 5.20. The van der Waals surface area contributed by atoms with Crippen molar-refractivity contribution in [2.45, 2.75) is 44.7 Å². The molecule has 1 aromatic heterocycles. The first-order chi connectivity index (χ1) is 8.42. The Morgan fingerprint density at radius 3 is 2.76 bits per heavy atom. The van der Waals surface area contributed by atoms with E-state index in [1.54, 1.807) is 8.70 Å². The summed E-state index contributed by atoms with van der Waals surface area (Å²) in [7, 11) is 0. The van der Waals surface area contributed by atoms with E-state index in [-0.39, 0.29) is 0 Å². The summed E-state index contributed by atoms with van der Waals surface area (Å²) >= 11 is 0.568. The first kappa shape index (κ1) is 11.5. The average Bonchev–Trinajstić information content (AvgIpc) is 2.80. The van der Waals surface area contributed by atoms with E-state index in [1.165, 1.54) is 37.5 Å². The van der Waals surface area contributed by atoms with E-state index >= 15 is 0 Å². The number of nitrogens with one attached hydrogen (secondary N) is 1. The van der Waals surface area contributed by atoms with Crippen molar-refractivity contribution in [3.05, 3.63) is 34.8 Å². The second-order valence-electron chi connectivity index (χ2n) is 4.97. The van der Waals surface area contributed by atoms with Crippen molar-refractivity contribution in [2.24, 2.45) is 0 Å². The van der Waals surface area contributed by atoms with Gasteiger partial charge in [-0.05, 0) is 0 Å². The van der Waals surface area contributed by atoms with E-state index in [4.69, 9.17) is 0 Å². The third-order valence-corrected chi connectivity index (χ3v) is 5.99. The van der Waals surface area contributed by atoms with Crippen molar-refractivity contribution in [3.8, 4) is 0 Å². The van der Waals surface area contributed by atoms with Gasteiger partial charge in [0, 0.05) is 0 Å². The fourth-order valence-electron chi connectivity index (χ4n) is 2.68. The number of benzene rings is 1. The van der Waals surface area contributed by atoms with Crippen LogP contribution in [0.25, 0.3) is 9.65 Å². The molecule has 2 aromatic rings. The molecular weight excluding hydrogens is 273 g/mol. The standard InChI is InChI=1S/C15H19NSe/c1-2-7-13(8-3-1)16-11-14-10-12-6-4-5-9-15(12)17-14/h4-6,9-10,13,16H,1-3,7-8,11H2. The molecule has 0 amide bonds. The molecule has 1 fully saturated rings. The predicted octanol–water partition coefficient (Wildman–Crippen LogP) is 3.32. The normalized spacial score (nSPS) is 17.6. The van der Waals surface area contributed by atoms with Crippen LogP contribution < -0.4 is 5.32 Å². The summed E-state index contributed by atoms with van der Waals surface area (Å²) in [6.45, 7) is 1.11. The van der Waals surface area contributed by atoms with Gasteiger partial charge in [-0.1, -0.05) is 0 Å². The molecule has 90 valence electrons. The zero-order chi connectivity index (χ0) is 11.5. The monoisotopic (exact) mass is 293 g/mol. The van der Waals surface area contributed by atoms with Crippen LogP contribution in [-0.2, 0) is 6.54 Å². The number of fused-ring (bicyclic) bond motifs is 1. The minimum absolute atomic E-state index is 0.568. The van der Waals surface area contributed by atoms with Crippen molar-refractivity contribution >= 4 is 24.1 Å². The van der Waals surface area contributed by atoms with Gasteiger partial charge in [0.25, 0.3) is 0 Å². The van der Waals surface area contributed by atoms with E-state index < -0.39 is 0 Å². The number of hydrogen-bond donors (Lipinski definition) is 1. The SMILES string of the molecule is c1ccc2[se]c(CNC3CCCCC3)cc2c1. The third kappa shape index (κ3) is 2.82. The molecule has 0 radical (unpaired) electrons. The Bertz CT molecular complexity index is 449. The molecule has 3 rings (SSSR count). The van der Waals surface area contributed by atoms with E-state index in [9.17, 15) is 0 Å². The number of rotatable bonds is 3. The van der Waals surface area contributed by atoms with Gasteiger partial charge >= 0.3 is 109 Å².